The monoisotopic (exact) mass is 507 g/mol. The Morgan fingerprint density at radius 3 is 2.37 bits per heavy atom. The molecule has 1 aromatic rings. The lowest BCUT2D eigenvalue weighted by Gasteiger charge is -2.28. The zero-order chi connectivity index (χ0) is 26.0. The molecule has 7 N–H and O–H groups in total. The van der Waals surface area contributed by atoms with E-state index >= 15 is 0 Å². The van der Waals surface area contributed by atoms with Gasteiger partial charge < -0.3 is 32.1 Å². The summed E-state index contributed by atoms with van der Waals surface area (Å²) in [7, 11) is 0. The molecule has 1 saturated heterocycles. The average Bonchev–Trinajstić information content (AvgIpc) is 3.31. The summed E-state index contributed by atoms with van der Waals surface area (Å²) in [5, 5.41) is 14.5. The summed E-state index contributed by atoms with van der Waals surface area (Å²) in [5.74, 6) is -3.32. The minimum Gasteiger partial charge on any atom is -0.480 e. The normalized spacial score (nSPS) is 17.8. The Labute approximate surface area is 208 Å². The second-order valence-electron chi connectivity index (χ2n) is 8.40. The first kappa shape index (κ1) is 28.1. The van der Waals surface area contributed by atoms with Gasteiger partial charge in [-0.2, -0.15) is 11.8 Å². The Kier molecular flexibility index (Phi) is 11.0. The number of likely N-dealkylation sites (tertiary alicyclic amines) is 1. The molecule has 0 bridgehead atoms. The van der Waals surface area contributed by atoms with E-state index in [9.17, 15) is 29.1 Å². The molecule has 0 aliphatic carbocycles. The van der Waals surface area contributed by atoms with Crippen LogP contribution in [-0.2, 0) is 30.4 Å². The SMILES string of the molecule is CSCCC(NC(=O)C(CC(N)=O)NC(=O)C(N)Cc1ccccc1)C(=O)N1CCCC1C(=O)O. The Balaban J connectivity index is 2.11. The molecule has 1 aliphatic heterocycles. The van der Waals surface area contributed by atoms with Crippen LogP contribution < -0.4 is 22.1 Å². The third-order valence-electron chi connectivity index (χ3n) is 5.72. The summed E-state index contributed by atoms with van der Waals surface area (Å²) in [6.07, 6.45) is 2.71. The van der Waals surface area contributed by atoms with Gasteiger partial charge in [0.15, 0.2) is 0 Å². The summed E-state index contributed by atoms with van der Waals surface area (Å²) in [5.41, 5.74) is 12.1. The maximum atomic E-state index is 13.1. The number of hydrogen-bond acceptors (Lipinski definition) is 7. The number of carbonyl (C=O) groups is 5. The van der Waals surface area contributed by atoms with Crippen molar-refractivity contribution < 1.29 is 29.1 Å². The molecule has 1 heterocycles. The number of nitrogens with one attached hydrogen (secondary N) is 2. The maximum Gasteiger partial charge on any atom is 0.326 e. The van der Waals surface area contributed by atoms with Gasteiger partial charge in [-0.1, -0.05) is 30.3 Å². The quantitative estimate of drug-likeness (QED) is 0.230. The van der Waals surface area contributed by atoms with Crippen LogP contribution in [0.3, 0.4) is 0 Å². The zero-order valence-electron chi connectivity index (χ0n) is 19.6. The van der Waals surface area contributed by atoms with Crippen molar-refractivity contribution in [1.82, 2.24) is 15.5 Å². The molecule has 0 spiro atoms. The largest absolute Gasteiger partial charge is 0.480 e. The topological polar surface area (TPSA) is 185 Å². The minimum absolute atomic E-state index is 0.220. The number of carboxylic acids is 1. The van der Waals surface area contributed by atoms with Crippen LogP contribution in [0.15, 0.2) is 30.3 Å². The number of rotatable bonds is 13. The Morgan fingerprint density at radius 2 is 1.77 bits per heavy atom. The number of benzene rings is 1. The highest BCUT2D eigenvalue weighted by Crippen LogP contribution is 2.20. The first-order valence-corrected chi connectivity index (χ1v) is 12.7. The molecule has 1 aliphatic rings. The number of aliphatic carboxylic acids is 1. The Bertz CT molecular complexity index is 915. The van der Waals surface area contributed by atoms with E-state index in [1.165, 1.54) is 16.7 Å². The molecule has 192 valence electrons. The van der Waals surface area contributed by atoms with Crippen molar-refractivity contribution in [2.75, 3.05) is 18.6 Å². The Hall–Kier alpha value is -3.12. The zero-order valence-corrected chi connectivity index (χ0v) is 20.5. The lowest BCUT2D eigenvalue weighted by Crippen LogP contribution is -2.58. The number of carbonyl (C=O) groups excluding carboxylic acids is 4. The average molecular weight is 508 g/mol. The molecule has 0 radical (unpaired) electrons. The number of thioether (sulfide) groups is 1. The molecule has 1 fully saturated rings. The molecular weight excluding hydrogens is 474 g/mol. The predicted molar refractivity (Wildman–Crippen MR) is 131 cm³/mol. The fraction of sp³-hybridized carbons (Fsp3) is 0.522. The standard InChI is InChI=1S/C23H33N5O6S/c1-35-11-9-16(22(32)28-10-5-8-18(28)23(33)34)26-21(31)17(13-19(25)29)27-20(30)15(24)12-14-6-3-2-4-7-14/h2-4,6-7,15-18H,5,8-13,24H2,1H3,(H2,25,29)(H,26,31)(H,27,30)(H,33,34). The summed E-state index contributed by atoms with van der Waals surface area (Å²) in [6.45, 7) is 0.275. The van der Waals surface area contributed by atoms with Crippen molar-refractivity contribution in [3.63, 3.8) is 0 Å². The van der Waals surface area contributed by atoms with E-state index in [1.807, 2.05) is 36.6 Å². The first-order valence-electron chi connectivity index (χ1n) is 11.3. The van der Waals surface area contributed by atoms with Gasteiger partial charge in [-0.25, -0.2) is 4.79 Å². The van der Waals surface area contributed by atoms with Crippen LogP contribution in [0, 0.1) is 0 Å². The molecule has 0 saturated carbocycles. The minimum atomic E-state index is -1.33. The van der Waals surface area contributed by atoms with Gasteiger partial charge in [0, 0.05) is 6.54 Å². The number of nitrogens with zero attached hydrogens (tertiary/aromatic N) is 1. The summed E-state index contributed by atoms with van der Waals surface area (Å²) >= 11 is 1.46. The lowest BCUT2D eigenvalue weighted by molar-refractivity contribution is -0.149. The van der Waals surface area contributed by atoms with Crippen molar-refractivity contribution in [1.29, 1.82) is 0 Å². The van der Waals surface area contributed by atoms with Crippen LogP contribution in [0.5, 0.6) is 0 Å². The van der Waals surface area contributed by atoms with Crippen molar-refractivity contribution >= 4 is 41.4 Å². The summed E-state index contributed by atoms with van der Waals surface area (Å²) < 4.78 is 0. The molecule has 1 aromatic carbocycles. The third kappa shape index (κ3) is 8.55. The molecule has 4 unspecified atom stereocenters. The van der Waals surface area contributed by atoms with E-state index in [0.29, 0.717) is 18.6 Å². The second-order valence-corrected chi connectivity index (χ2v) is 9.38. The highest BCUT2D eigenvalue weighted by Gasteiger charge is 2.38. The summed E-state index contributed by atoms with van der Waals surface area (Å²) in [4.78, 5) is 63.2. The van der Waals surface area contributed by atoms with Gasteiger partial charge >= 0.3 is 5.97 Å². The predicted octanol–water partition coefficient (Wildman–Crippen LogP) is -0.770. The lowest BCUT2D eigenvalue weighted by atomic mass is 10.0. The van der Waals surface area contributed by atoms with Gasteiger partial charge in [0.1, 0.15) is 18.1 Å². The van der Waals surface area contributed by atoms with Crippen LogP contribution >= 0.6 is 11.8 Å². The van der Waals surface area contributed by atoms with Crippen LogP contribution in [0.25, 0.3) is 0 Å². The van der Waals surface area contributed by atoms with Crippen LogP contribution in [0.1, 0.15) is 31.2 Å². The smallest absolute Gasteiger partial charge is 0.326 e. The van der Waals surface area contributed by atoms with E-state index < -0.39 is 60.2 Å². The molecule has 4 atom stereocenters. The van der Waals surface area contributed by atoms with Gasteiger partial charge in [0.2, 0.25) is 23.6 Å². The third-order valence-corrected chi connectivity index (χ3v) is 6.36. The molecule has 0 aromatic heterocycles. The number of carboxylic acid groups (broad SMARTS) is 1. The number of nitrogens with two attached hydrogens (primary N) is 2. The molecule has 2 rings (SSSR count). The van der Waals surface area contributed by atoms with Gasteiger partial charge in [-0.3, -0.25) is 19.2 Å². The van der Waals surface area contributed by atoms with E-state index in [1.54, 1.807) is 0 Å². The van der Waals surface area contributed by atoms with Crippen molar-refractivity contribution in [3.8, 4) is 0 Å². The van der Waals surface area contributed by atoms with Crippen LogP contribution in [0.2, 0.25) is 0 Å². The molecule has 4 amide bonds. The van der Waals surface area contributed by atoms with Gasteiger partial charge in [-0.05, 0) is 43.3 Å². The number of hydrogen-bond donors (Lipinski definition) is 5. The molecule has 12 heteroatoms. The van der Waals surface area contributed by atoms with E-state index in [-0.39, 0.29) is 19.4 Å². The Morgan fingerprint density at radius 1 is 1.11 bits per heavy atom. The van der Waals surface area contributed by atoms with Gasteiger partial charge in [0.05, 0.1) is 12.5 Å². The van der Waals surface area contributed by atoms with Crippen LogP contribution in [0.4, 0.5) is 0 Å². The van der Waals surface area contributed by atoms with Crippen molar-refractivity contribution in [3.05, 3.63) is 35.9 Å². The summed E-state index contributed by atoms with van der Waals surface area (Å²) in [6, 6.07) is 4.80. The highest BCUT2D eigenvalue weighted by molar-refractivity contribution is 7.98. The number of amides is 4. The van der Waals surface area contributed by atoms with Crippen molar-refractivity contribution in [2.45, 2.75) is 56.3 Å². The molecule has 35 heavy (non-hydrogen) atoms. The second kappa shape index (κ2) is 13.7. The molecule has 11 nitrogen and oxygen atoms in total. The fourth-order valence-corrected chi connectivity index (χ4v) is 4.37. The van der Waals surface area contributed by atoms with Crippen LogP contribution in [-0.4, -0.2) is 82.3 Å². The van der Waals surface area contributed by atoms with E-state index in [0.717, 1.165) is 5.56 Å². The highest BCUT2D eigenvalue weighted by atomic mass is 32.2. The van der Waals surface area contributed by atoms with E-state index in [2.05, 4.69) is 10.6 Å². The van der Waals surface area contributed by atoms with Gasteiger partial charge in [0.25, 0.3) is 0 Å². The number of primary amides is 1. The first-order chi connectivity index (χ1) is 16.6. The maximum absolute atomic E-state index is 13.1. The van der Waals surface area contributed by atoms with E-state index in [4.69, 9.17) is 11.5 Å². The molecular formula is C23H33N5O6S. The fourth-order valence-electron chi connectivity index (χ4n) is 3.90. The van der Waals surface area contributed by atoms with Crippen molar-refractivity contribution in [2.24, 2.45) is 11.5 Å². The van der Waals surface area contributed by atoms with Gasteiger partial charge in [-0.15, -0.1) is 0 Å².